The van der Waals surface area contributed by atoms with Gasteiger partial charge in [0.05, 0.1) is 12.5 Å². The van der Waals surface area contributed by atoms with Crippen molar-refractivity contribution in [3.8, 4) is 16.9 Å². The second-order valence-corrected chi connectivity index (χ2v) is 5.17. The molecule has 3 nitrogen and oxygen atoms in total. The Hall–Kier alpha value is -2.29. The molecule has 1 fully saturated rings. The summed E-state index contributed by atoms with van der Waals surface area (Å²) in [5.41, 5.74) is 2.19. The molecule has 1 aliphatic rings. The van der Waals surface area contributed by atoms with Gasteiger partial charge >= 0.3 is 5.97 Å². The van der Waals surface area contributed by atoms with Crippen LogP contribution >= 0.6 is 0 Å². The molecule has 0 amide bonds. The highest BCUT2D eigenvalue weighted by Gasteiger charge is 2.51. The van der Waals surface area contributed by atoms with Crippen LogP contribution in [0.5, 0.6) is 5.75 Å². The number of aliphatic carboxylic acids is 1. The van der Waals surface area contributed by atoms with Crippen LogP contribution in [0.2, 0.25) is 0 Å². The van der Waals surface area contributed by atoms with Gasteiger partial charge in [-0.3, -0.25) is 4.79 Å². The van der Waals surface area contributed by atoms with Gasteiger partial charge in [-0.05, 0) is 36.1 Å². The molecule has 3 rings (SSSR count). The molecule has 1 N–H and O–H groups in total. The fourth-order valence-corrected chi connectivity index (χ4v) is 2.62. The summed E-state index contributed by atoms with van der Waals surface area (Å²) in [4.78, 5) is 11.4. The SMILES string of the molecule is COc1ccccc1-c1cccc(C2(C(=O)O)CC2)c1. The van der Waals surface area contributed by atoms with Crippen LogP contribution in [0.4, 0.5) is 0 Å². The zero-order valence-corrected chi connectivity index (χ0v) is 11.3. The Balaban J connectivity index is 2.06. The highest BCUT2D eigenvalue weighted by molar-refractivity contribution is 5.85. The van der Waals surface area contributed by atoms with E-state index in [1.165, 1.54) is 0 Å². The average Bonchev–Trinajstić information content (AvgIpc) is 3.29. The molecule has 2 aromatic carbocycles. The average molecular weight is 268 g/mol. The second kappa shape index (κ2) is 4.67. The van der Waals surface area contributed by atoms with Gasteiger partial charge in [0.25, 0.3) is 0 Å². The lowest BCUT2D eigenvalue weighted by molar-refractivity contribution is -0.140. The molecule has 0 radical (unpaired) electrons. The normalized spacial score (nSPS) is 15.7. The number of para-hydroxylation sites is 1. The van der Waals surface area contributed by atoms with Crippen LogP contribution in [0.1, 0.15) is 18.4 Å². The van der Waals surface area contributed by atoms with E-state index in [1.54, 1.807) is 7.11 Å². The lowest BCUT2D eigenvalue weighted by Crippen LogP contribution is -2.19. The monoisotopic (exact) mass is 268 g/mol. The molecule has 1 aliphatic carbocycles. The van der Waals surface area contributed by atoms with E-state index < -0.39 is 11.4 Å². The van der Waals surface area contributed by atoms with Crippen LogP contribution < -0.4 is 4.74 Å². The van der Waals surface area contributed by atoms with E-state index in [2.05, 4.69) is 0 Å². The molecule has 20 heavy (non-hydrogen) atoms. The van der Waals surface area contributed by atoms with Gasteiger partial charge in [-0.25, -0.2) is 0 Å². The first-order chi connectivity index (χ1) is 9.67. The molecule has 1 saturated carbocycles. The van der Waals surface area contributed by atoms with Gasteiger partial charge < -0.3 is 9.84 Å². The minimum atomic E-state index is -0.727. The van der Waals surface area contributed by atoms with Crippen molar-refractivity contribution >= 4 is 5.97 Å². The lowest BCUT2D eigenvalue weighted by Gasteiger charge is -2.13. The first kappa shape index (κ1) is 12.7. The molecule has 0 heterocycles. The topological polar surface area (TPSA) is 46.5 Å². The minimum absolute atomic E-state index is 0.669. The minimum Gasteiger partial charge on any atom is -0.496 e. The van der Waals surface area contributed by atoms with E-state index in [1.807, 2.05) is 48.5 Å². The quantitative estimate of drug-likeness (QED) is 0.923. The van der Waals surface area contributed by atoms with Crippen molar-refractivity contribution in [1.82, 2.24) is 0 Å². The molecule has 0 aliphatic heterocycles. The van der Waals surface area contributed by atoms with Gasteiger partial charge in [0, 0.05) is 5.56 Å². The summed E-state index contributed by atoms with van der Waals surface area (Å²) in [7, 11) is 1.64. The summed E-state index contributed by atoms with van der Waals surface area (Å²) < 4.78 is 5.37. The Bertz CT molecular complexity index is 657. The first-order valence-corrected chi connectivity index (χ1v) is 6.65. The number of hydrogen-bond donors (Lipinski definition) is 1. The van der Waals surface area contributed by atoms with Crippen LogP contribution in [0.3, 0.4) is 0 Å². The predicted octanol–water partition coefficient (Wildman–Crippen LogP) is 3.48. The summed E-state index contributed by atoms with van der Waals surface area (Å²) in [5, 5.41) is 9.39. The zero-order chi connectivity index (χ0) is 14.2. The smallest absolute Gasteiger partial charge is 0.314 e. The third-order valence-electron chi connectivity index (χ3n) is 3.99. The molecule has 0 spiro atoms. The van der Waals surface area contributed by atoms with Gasteiger partial charge in [-0.15, -0.1) is 0 Å². The summed E-state index contributed by atoms with van der Waals surface area (Å²) in [5.74, 6) is 0.0690. The molecule has 0 saturated heterocycles. The molecule has 0 aromatic heterocycles. The fraction of sp³-hybridized carbons (Fsp3) is 0.235. The summed E-state index contributed by atoms with van der Waals surface area (Å²) >= 11 is 0. The first-order valence-electron chi connectivity index (χ1n) is 6.65. The van der Waals surface area contributed by atoms with Crippen molar-refractivity contribution in [2.45, 2.75) is 18.3 Å². The van der Waals surface area contributed by atoms with Crippen molar-refractivity contribution < 1.29 is 14.6 Å². The fourth-order valence-electron chi connectivity index (χ4n) is 2.62. The van der Waals surface area contributed by atoms with Crippen LogP contribution in [0, 0.1) is 0 Å². The zero-order valence-electron chi connectivity index (χ0n) is 11.3. The van der Waals surface area contributed by atoms with E-state index in [0.29, 0.717) is 0 Å². The highest BCUT2D eigenvalue weighted by atomic mass is 16.5. The number of rotatable bonds is 4. The summed E-state index contributed by atoms with van der Waals surface area (Å²) in [6, 6.07) is 15.5. The van der Waals surface area contributed by atoms with Gasteiger partial charge in [0.2, 0.25) is 0 Å². The molecular weight excluding hydrogens is 252 g/mol. The van der Waals surface area contributed by atoms with Crippen molar-refractivity contribution in [3.05, 3.63) is 54.1 Å². The van der Waals surface area contributed by atoms with E-state index in [4.69, 9.17) is 4.74 Å². The van der Waals surface area contributed by atoms with E-state index in [0.717, 1.165) is 35.3 Å². The number of carboxylic acid groups (broad SMARTS) is 1. The van der Waals surface area contributed by atoms with Crippen molar-refractivity contribution in [1.29, 1.82) is 0 Å². The van der Waals surface area contributed by atoms with E-state index in [9.17, 15) is 9.90 Å². The predicted molar refractivity (Wildman–Crippen MR) is 77.0 cm³/mol. The van der Waals surface area contributed by atoms with Crippen LogP contribution in [-0.2, 0) is 10.2 Å². The molecule has 0 atom stereocenters. The molecule has 2 aromatic rings. The maximum absolute atomic E-state index is 11.4. The van der Waals surface area contributed by atoms with Gasteiger partial charge in [0.15, 0.2) is 0 Å². The van der Waals surface area contributed by atoms with Crippen molar-refractivity contribution in [3.63, 3.8) is 0 Å². The Morgan fingerprint density at radius 2 is 1.90 bits per heavy atom. The Morgan fingerprint density at radius 3 is 2.55 bits per heavy atom. The second-order valence-electron chi connectivity index (χ2n) is 5.17. The van der Waals surface area contributed by atoms with E-state index >= 15 is 0 Å². The molecule has 102 valence electrons. The number of carbonyl (C=O) groups is 1. The van der Waals surface area contributed by atoms with Gasteiger partial charge in [0.1, 0.15) is 5.75 Å². The third kappa shape index (κ3) is 1.95. The Labute approximate surface area is 117 Å². The summed E-state index contributed by atoms with van der Waals surface area (Å²) in [6.45, 7) is 0. The summed E-state index contributed by atoms with van der Waals surface area (Å²) in [6.07, 6.45) is 1.44. The standard InChI is InChI=1S/C17H16O3/c1-20-15-8-3-2-7-14(15)12-5-4-6-13(11-12)17(9-10-17)16(18)19/h2-8,11H,9-10H2,1H3,(H,18,19). The number of benzene rings is 2. The van der Waals surface area contributed by atoms with E-state index in [-0.39, 0.29) is 0 Å². The van der Waals surface area contributed by atoms with Crippen molar-refractivity contribution in [2.24, 2.45) is 0 Å². The van der Waals surface area contributed by atoms with Gasteiger partial charge in [-0.1, -0.05) is 36.4 Å². The van der Waals surface area contributed by atoms with Crippen molar-refractivity contribution in [2.75, 3.05) is 7.11 Å². The Morgan fingerprint density at radius 1 is 1.15 bits per heavy atom. The molecule has 0 unspecified atom stereocenters. The van der Waals surface area contributed by atoms with Crippen LogP contribution in [0.25, 0.3) is 11.1 Å². The number of ether oxygens (including phenoxy) is 1. The lowest BCUT2D eigenvalue weighted by atomic mass is 9.92. The third-order valence-corrected chi connectivity index (χ3v) is 3.99. The molecule has 0 bridgehead atoms. The maximum atomic E-state index is 11.4. The number of carboxylic acids is 1. The molecule has 3 heteroatoms. The highest BCUT2D eigenvalue weighted by Crippen LogP contribution is 2.49. The van der Waals surface area contributed by atoms with Crippen LogP contribution in [-0.4, -0.2) is 18.2 Å². The number of hydrogen-bond acceptors (Lipinski definition) is 2. The number of methoxy groups -OCH3 is 1. The van der Waals surface area contributed by atoms with Crippen LogP contribution in [0.15, 0.2) is 48.5 Å². The molecular formula is C17H16O3. The van der Waals surface area contributed by atoms with Gasteiger partial charge in [-0.2, -0.15) is 0 Å². The largest absolute Gasteiger partial charge is 0.496 e. The maximum Gasteiger partial charge on any atom is 0.314 e. The Kier molecular flexibility index (Phi) is 2.97.